The number of hydrogen-bond donors (Lipinski definition) is 0. The highest BCUT2D eigenvalue weighted by atomic mass is 16.5. The Morgan fingerprint density at radius 2 is 1.86 bits per heavy atom. The lowest BCUT2D eigenvalue weighted by atomic mass is 10.1. The number of ether oxygens (including phenoxy) is 2. The van der Waals surface area contributed by atoms with Crippen molar-refractivity contribution in [2.75, 3.05) is 25.7 Å². The van der Waals surface area contributed by atoms with Gasteiger partial charge in [0.05, 0.1) is 25.8 Å². The van der Waals surface area contributed by atoms with Gasteiger partial charge in [-0.3, -0.25) is 9.59 Å². The van der Waals surface area contributed by atoms with E-state index in [1.807, 2.05) is 49.1 Å². The Labute approximate surface area is 172 Å². The first kappa shape index (κ1) is 20.7. The molecule has 0 N–H and O–H groups in total. The molecule has 1 atom stereocenters. The number of nitrogens with zero attached hydrogens (tertiary/aromatic N) is 2. The number of methoxy groups -OCH3 is 2. The van der Waals surface area contributed by atoms with Gasteiger partial charge in [0, 0.05) is 31.6 Å². The summed E-state index contributed by atoms with van der Waals surface area (Å²) in [5, 5.41) is 0. The summed E-state index contributed by atoms with van der Waals surface area (Å²) in [6.07, 6.45) is 0.200. The first-order valence-corrected chi connectivity index (χ1v) is 9.81. The van der Waals surface area contributed by atoms with Crippen LogP contribution in [0, 0.1) is 5.92 Å². The zero-order chi connectivity index (χ0) is 21.0. The van der Waals surface area contributed by atoms with Crippen LogP contribution in [0.25, 0.3) is 0 Å². The third-order valence-electron chi connectivity index (χ3n) is 5.25. The van der Waals surface area contributed by atoms with E-state index < -0.39 is 0 Å². The normalized spacial score (nSPS) is 16.2. The van der Waals surface area contributed by atoms with Crippen molar-refractivity contribution in [3.8, 4) is 11.5 Å². The van der Waals surface area contributed by atoms with Crippen LogP contribution in [-0.4, -0.2) is 43.5 Å². The van der Waals surface area contributed by atoms with E-state index in [1.54, 1.807) is 37.3 Å². The Balaban J connectivity index is 1.79. The van der Waals surface area contributed by atoms with E-state index in [0.717, 1.165) is 5.56 Å². The van der Waals surface area contributed by atoms with Crippen LogP contribution in [-0.2, 0) is 16.1 Å². The summed E-state index contributed by atoms with van der Waals surface area (Å²) in [6, 6.07) is 15.3. The molecule has 0 bridgehead atoms. The van der Waals surface area contributed by atoms with Gasteiger partial charge in [-0.1, -0.05) is 30.3 Å². The third-order valence-corrected chi connectivity index (χ3v) is 5.25. The molecule has 2 aromatic carbocycles. The number of carbonyl (C=O) groups is 2. The van der Waals surface area contributed by atoms with Crippen molar-refractivity contribution in [2.45, 2.75) is 32.9 Å². The summed E-state index contributed by atoms with van der Waals surface area (Å²) in [6.45, 7) is 4.88. The largest absolute Gasteiger partial charge is 0.497 e. The average Bonchev–Trinajstić information content (AvgIpc) is 3.13. The molecule has 154 valence electrons. The number of amides is 2. The number of hydrogen-bond acceptors (Lipinski definition) is 4. The Morgan fingerprint density at radius 1 is 1.14 bits per heavy atom. The molecule has 1 aliphatic heterocycles. The first-order valence-electron chi connectivity index (χ1n) is 9.81. The van der Waals surface area contributed by atoms with E-state index in [4.69, 9.17) is 9.47 Å². The molecule has 0 spiro atoms. The number of anilines is 1. The summed E-state index contributed by atoms with van der Waals surface area (Å²) < 4.78 is 10.7. The third kappa shape index (κ3) is 4.53. The highest BCUT2D eigenvalue weighted by molar-refractivity contribution is 6.01. The maximum Gasteiger partial charge on any atom is 0.228 e. The van der Waals surface area contributed by atoms with Crippen LogP contribution in [0.2, 0.25) is 0 Å². The van der Waals surface area contributed by atoms with Crippen molar-refractivity contribution in [1.29, 1.82) is 0 Å². The highest BCUT2D eigenvalue weighted by Crippen LogP contribution is 2.36. The standard InChI is InChI=1S/C23H28N2O4/c1-16(2)24(14-17-8-6-5-7-9-17)23(27)18-12-22(26)25(15-18)20-11-10-19(28-3)13-21(20)29-4/h5-11,13,16,18H,12,14-15H2,1-4H3. The molecule has 0 aromatic heterocycles. The van der Waals surface area contributed by atoms with Crippen LogP contribution in [0.5, 0.6) is 11.5 Å². The lowest BCUT2D eigenvalue weighted by Crippen LogP contribution is -2.41. The fourth-order valence-corrected chi connectivity index (χ4v) is 3.64. The van der Waals surface area contributed by atoms with Gasteiger partial charge in [-0.25, -0.2) is 0 Å². The topological polar surface area (TPSA) is 59.1 Å². The molecule has 1 fully saturated rings. The lowest BCUT2D eigenvalue weighted by molar-refractivity contribution is -0.138. The van der Waals surface area contributed by atoms with E-state index in [-0.39, 0.29) is 30.2 Å². The van der Waals surface area contributed by atoms with Gasteiger partial charge in [0.1, 0.15) is 11.5 Å². The van der Waals surface area contributed by atoms with E-state index in [9.17, 15) is 9.59 Å². The summed E-state index contributed by atoms with van der Waals surface area (Å²) in [4.78, 5) is 29.5. The summed E-state index contributed by atoms with van der Waals surface area (Å²) in [7, 11) is 3.14. The minimum absolute atomic E-state index is 0.00665. The minimum atomic E-state index is -0.375. The SMILES string of the molecule is COc1ccc(N2CC(C(=O)N(Cc3ccccc3)C(C)C)CC2=O)c(OC)c1. The highest BCUT2D eigenvalue weighted by Gasteiger charge is 2.38. The van der Waals surface area contributed by atoms with Crippen molar-refractivity contribution in [1.82, 2.24) is 4.90 Å². The van der Waals surface area contributed by atoms with E-state index in [1.165, 1.54) is 0 Å². The van der Waals surface area contributed by atoms with Gasteiger partial charge < -0.3 is 19.3 Å². The minimum Gasteiger partial charge on any atom is -0.497 e. The van der Waals surface area contributed by atoms with Crippen LogP contribution in [0.4, 0.5) is 5.69 Å². The van der Waals surface area contributed by atoms with Crippen molar-refractivity contribution in [3.63, 3.8) is 0 Å². The van der Waals surface area contributed by atoms with Crippen LogP contribution < -0.4 is 14.4 Å². The van der Waals surface area contributed by atoms with Crippen molar-refractivity contribution in [3.05, 3.63) is 54.1 Å². The van der Waals surface area contributed by atoms with E-state index in [0.29, 0.717) is 30.3 Å². The maximum absolute atomic E-state index is 13.3. The van der Waals surface area contributed by atoms with Crippen LogP contribution in [0.1, 0.15) is 25.8 Å². The fraction of sp³-hybridized carbons (Fsp3) is 0.391. The Morgan fingerprint density at radius 3 is 2.48 bits per heavy atom. The van der Waals surface area contributed by atoms with Crippen LogP contribution in [0.3, 0.4) is 0 Å². The molecule has 1 aliphatic rings. The summed E-state index contributed by atoms with van der Waals surface area (Å²) in [5.41, 5.74) is 1.74. The van der Waals surface area contributed by atoms with Crippen molar-refractivity contribution in [2.24, 2.45) is 5.92 Å². The molecule has 1 saturated heterocycles. The Bertz CT molecular complexity index is 866. The summed E-state index contributed by atoms with van der Waals surface area (Å²) >= 11 is 0. The smallest absolute Gasteiger partial charge is 0.228 e. The molecule has 3 rings (SSSR count). The number of carbonyl (C=O) groups excluding carboxylic acids is 2. The zero-order valence-corrected chi connectivity index (χ0v) is 17.4. The van der Waals surface area contributed by atoms with Gasteiger partial charge in [-0.05, 0) is 31.5 Å². The van der Waals surface area contributed by atoms with Gasteiger partial charge >= 0.3 is 0 Å². The monoisotopic (exact) mass is 396 g/mol. The number of rotatable bonds is 7. The average molecular weight is 396 g/mol. The quantitative estimate of drug-likeness (QED) is 0.719. The molecule has 6 nitrogen and oxygen atoms in total. The second-order valence-electron chi connectivity index (χ2n) is 7.49. The Hall–Kier alpha value is -3.02. The summed E-state index contributed by atoms with van der Waals surface area (Å²) in [5.74, 6) is 0.761. The van der Waals surface area contributed by atoms with Crippen molar-refractivity contribution >= 4 is 17.5 Å². The lowest BCUT2D eigenvalue weighted by Gasteiger charge is -2.29. The number of benzene rings is 2. The molecule has 0 aliphatic carbocycles. The molecule has 6 heteroatoms. The molecular formula is C23H28N2O4. The second-order valence-corrected chi connectivity index (χ2v) is 7.49. The van der Waals surface area contributed by atoms with Gasteiger partial charge in [-0.2, -0.15) is 0 Å². The predicted octanol–water partition coefficient (Wildman–Crippen LogP) is 3.49. The van der Waals surface area contributed by atoms with Gasteiger partial charge in [0.15, 0.2) is 0 Å². The van der Waals surface area contributed by atoms with Gasteiger partial charge in [-0.15, -0.1) is 0 Å². The molecule has 0 radical (unpaired) electrons. The molecule has 0 saturated carbocycles. The molecule has 2 amide bonds. The maximum atomic E-state index is 13.3. The van der Waals surface area contributed by atoms with Gasteiger partial charge in [0.2, 0.25) is 11.8 Å². The Kier molecular flexibility index (Phi) is 6.42. The zero-order valence-electron chi connectivity index (χ0n) is 17.4. The molecule has 29 heavy (non-hydrogen) atoms. The van der Waals surface area contributed by atoms with E-state index in [2.05, 4.69) is 0 Å². The predicted molar refractivity (Wildman–Crippen MR) is 112 cm³/mol. The van der Waals surface area contributed by atoms with Crippen LogP contribution >= 0.6 is 0 Å². The van der Waals surface area contributed by atoms with E-state index >= 15 is 0 Å². The fourth-order valence-electron chi connectivity index (χ4n) is 3.64. The van der Waals surface area contributed by atoms with Crippen LogP contribution in [0.15, 0.2) is 48.5 Å². The molecular weight excluding hydrogens is 368 g/mol. The van der Waals surface area contributed by atoms with Gasteiger partial charge in [0.25, 0.3) is 0 Å². The molecule has 1 unspecified atom stereocenters. The first-order chi connectivity index (χ1) is 13.9. The molecule has 1 heterocycles. The second kappa shape index (κ2) is 8.99. The van der Waals surface area contributed by atoms with Crippen molar-refractivity contribution < 1.29 is 19.1 Å². The molecule has 2 aromatic rings.